The number of hydrogen-bond acceptors (Lipinski definition) is 4. The Morgan fingerprint density at radius 1 is 1.50 bits per heavy atom. The minimum absolute atomic E-state index is 0.00532. The lowest BCUT2D eigenvalue weighted by Crippen LogP contribution is -2.52. The lowest BCUT2D eigenvalue weighted by molar-refractivity contribution is -0.161. The molecule has 22 heavy (non-hydrogen) atoms. The molecular weight excluding hydrogens is 293 g/mol. The molecule has 0 saturated carbocycles. The summed E-state index contributed by atoms with van der Waals surface area (Å²) in [7, 11) is 0. The average Bonchev–Trinajstić information content (AvgIpc) is 2.53. The highest BCUT2D eigenvalue weighted by atomic mass is 19.1. The summed E-state index contributed by atoms with van der Waals surface area (Å²) in [5, 5.41) is 8.96. The number of carboxylic acid groups (broad SMARTS) is 1. The Balaban J connectivity index is 2.05. The van der Waals surface area contributed by atoms with Crippen LogP contribution in [0.3, 0.4) is 0 Å². The Hall–Kier alpha value is -2.15. The van der Waals surface area contributed by atoms with Gasteiger partial charge < -0.3 is 19.5 Å². The molecule has 0 radical (unpaired) electrons. The molecule has 1 fully saturated rings. The molecule has 0 unspecified atom stereocenters. The Morgan fingerprint density at radius 2 is 2.23 bits per heavy atom. The molecule has 2 atom stereocenters. The number of carbonyl (C=O) groups excluding carboxylic acids is 1. The first kappa shape index (κ1) is 16.2. The van der Waals surface area contributed by atoms with E-state index in [1.165, 1.54) is 23.1 Å². The van der Waals surface area contributed by atoms with Gasteiger partial charge in [0.1, 0.15) is 0 Å². The molecule has 0 spiro atoms. The summed E-state index contributed by atoms with van der Waals surface area (Å²) in [4.78, 5) is 24.8. The van der Waals surface area contributed by atoms with Crippen molar-refractivity contribution in [3.8, 4) is 5.75 Å². The molecule has 120 valence electrons. The largest absolute Gasteiger partial charge is 0.479 e. The maximum Gasteiger partial charge on any atom is 0.334 e. The normalized spacial score (nSPS) is 19.5. The van der Waals surface area contributed by atoms with E-state index in [0.717, 1.165) is 0 Å². The predicted molar refractivity (Wildman–Crippen MR) is 75.1 cm³/mol. The standard InChI is InChI=1S/C15H18FNO5/c1-2-11(22-12-6-4-3-5-10(12)16)14(18)17-7-8-21-13(9-17)15(19)20/h3-6,11,13H,2,7-9H2,1H3,(H,19,20)/t11-,13+/m0/s1. The zero-order chi connectivity index (χ0) is 16.1. The summed E-state index contributed by atoms with van der Waals surface area (Å²) in [5.41, 5.74) is 0. The van der Waals surface area contributed by atoms with E-state index in [-0.39, 0.29) is 24.8 Å². The third-order valence-corrected chi connectivity index (χ3v) is 3.41. The average molecular weight is 311 g/mol. The van der Waals surface area contributed by atoms with Gasteiger partial charge in [0.15, 0.2) is 23.8 Å². The number of ether oxygens (including phenoxy) is 2. The second-order valence-electron chi connectivity index (χ2n) is 4.93. The van der Waals surface area contributed by atoms with Crippen molar-refractivity contribution in [2.75, 3.05) is 19.7 Å². The van der Waals surface area contributed by atoms with Crippen molar-refractivity contribution in [1.82, 2.24) is 4.90 Å². The number of halogens is 1. The number of hydrogen-bond donors (Lipinski definition) is 1. The maximum absolute atomic E-state index is 13.6. The van der Waals surface area contributed by atoms with Crippen LogP contribution in [0.25, 0.3) is 0 Å². The van der Waals surface area contributed by atoms with Crippen LogP contribution in [0.2, 0.25) is 0 Å². The number of nitrogens with zero attached hydrogens (tertiary/aromatic N) is 1. The fraction of sp³-hybridized carbons (Fsp3) is 0.467. The van der Waals surface area contributed by atoms with Crippen LogP contribution in [-0.4, -0.2) is 53.8 Å². The van der Waals surface area contributed by atoms with Crippen molar-refractivity contribution in [3.05, 3.63) is 30.1 Å². The highest BCUT2D eigenvalue weighted by molar-refractivity contribution is 5.82. The molecule has 2 rings (SSSR count). The van der Waals surface area contributed by atoms with E-state index in [0.29, 0.717) is 13.0 Å². The Bertz CT molecular complexity index is 550. The van der Waals surface area contributed by atoms with Gasteiger partial charge >= 0.3 is 5.97 Å². The summed E-state index contributed by atoms with van der Waals surface area (Å²) >= 11 is 0. The Morgan fingerprint density at radius 3 is 2.86 bits per heavy atom. The molecule has 1 N–H and O–H groups in total. The first-order chi connectivity index (χ1) is 10.5. The molecule has 1 aliphatic heterocycles. The van der Waals surface area contributed by atoms with Gasteiger partial charge in [-0.3, -0.25) is 4.79 Å². The second-order valence-corrected chi connectivity index (χ2v) is 4.93. The van der Waals surface area contributed by atoms with Crippen molar-refractivity contribution in [3.63, 3.8) is 0 Å². The van der Waals surface area contributed by atoms with Crippen LogP contribution in [0.5, 0.6) is 5.75 Å². The van der Waals surface area contributed by atoms with Crippen LogP contribution >= 0.6 is 0 Å². The lowest BCUT2D eigenvalue weighted by atomic mass is 10.2. The van der Waals surface area contributed by atoms with Crippen LogP contribution in [0, 0.1) is 5.82 Å². The fourth-order valence-electron chi connectivity index (χ4n) is 2.20. The third-order valence-electron chi connectivity index (χ3n) is 3.41. The maximum atomic E-state index is 13.6. The molecule has 1 amide bonds. The minimum atomic E-state index is -1.11. The zero-order valence-electron chi connectivity index (χ0n) is 12.2. The van der Waals surface area contributed by atoms with Crippen molar-refractivity contribution in [2.45, 2.75) is 25.6 Å². The van der Waals surface area contributed by atoms with Gasteiger partial charge in [0, 0.05) is 6.54 Å². The number of para-hydroxylation sites is 1. The van der Waals surface area contributed by atoms with Crippen LogP contribution < -0.4 is 4.74 Å². The van der Waals surface area contributed by atoms with Gasteiger partial charge in [0.05, 0.1) is 13.2 Å². The van der Waals surface area contributed by atoms with Crippen LogP contribution in [0.15, 0.2) is 24.3 Å². The van der Waals surface area contributed by atoms with E-state index >= 15 is 0 Å². The number of carbonyl (C=O) groups is 2. The molecule has 7 heteroatoms. The van der Waals surface area contributed by atoms with Gasteiger partial charge in [-0.05, 0) is 18.6 Å². The summed E-state index contributed by atoms with van der Waals surface area (Å²) in [6.45, 7) is 2.16. The lowest BCUT2D eigenvalue weighted by Gasteiger charge is -2.33. The number of aliphatic carboxylic acids is 1. The van der Waals surface area contributed by atoms with Crippen molar-refractivity contribution in [1.29, 1.82) is 0 Å². The van der Waals surface area contributed by atoms with E-state index in [9.17, 15) is 14.0 Å². The molecular formula is C15H18FNO5. The number of carboxylic acids is 1. The van der Waals surface area contributed by atoms with E-state index < -0.39 is 24.0 Å². The third kappa shape index (κ3) is 3.73. The van der Waals surface area contributed by atoms with Crippen molar-refractivity contribution >= 4 is 11.9 Å². The minimum Gasteiger partial charge on any atom is -0.479 e. The monoisotopic (exact) mass is 311 g/mol. The van der Waals surface area contributed by atoms with E-state index in [1.807, 2.05) is 0 Å². The zero-order valence-corrected chi connectivity index (χ0v) is 12.2. The second kappa shape index (κ2) is 7.22. The highest BCUT2D eigenvalue weighted by Gasteiger charge is 2.32. The molecule has 1 aromatic carbocycles. The van der Waals surface area contributed by atoms with Gasteiger partial charge in [0.2, 0.25) is 0 Å². The van der Waals surface area contributed by atoms with Crippen LogP contribution in [0.1, 0.15) is 13.3 Å². The SMILES string of the molecule is CC[C@H](Oc1ccccc1F)C(=O)N1CCO[C@@H](C(=O)O)C1. The molecule has 0 aliphatic carbocycles. The molecule has 1 aromatic rings. The van der Waals surface area contributed by atoms with Crippen LogP contribution in [-0.2, 0) is 14.3 Å². The molecule has 6 nitrogen and oxygen atoms in total. The highest BCUT2D eigenvalue weighted by Crippen LogP contribution is 2.19. The van der Waals surface area contributed by atoms with Crippen LogP contribution in [0.4, 0.5) is 4.39 Å². The van der Waals surface area contributed by atoms with Crippen molar-refractivity contribution < 1.29 is 28.6 Å². The van der Waals surface area contributed by atoms with Crippen molar-refractivity contribution in [2.24, 2.45) is 0 Å². The molecule has 1 heterocycles. The van der Waals surface area contributed by atoms with Gasteiger partial charge in [-0.2, -0.15) is 0 Å². The molecule has 0 aromatic heterocycles. The Labute approximate surface area is 127 Å². The smallest absolute Gasteiger partial charge is 0.334 e. The van der Waals surface area contributed by atoms with E-state index in [1.54, 1.807) is 13.0 Å². The molecule has 1 saturated heterocycles. The fourth-order valence-corrected chi connectivity index (χ4v) is 2.20. The molecule has 0 bridgehead atoms. The molecule has 1 aliphatic rings. The number of rotatable bonds is 5. The quantitative estimate of drug-likeness (QED) is 0.887. The first-order valence-corrected chi connectivity index (χ1v) is 7.07. The summed E-state index contributed by atoms with van der Waals surface area (Å²) in [5.74, 6) is -2.01. The topological polar surface area (TPSA) is 76.1 Å². The van der Waals surface area contributed by atoms with Gasteiger partial charge in [-0.1, -0.05) is 19.1 Å². The predicted octanol–water partition coefficient (Wildman–Crippen LogP) is 1.30. The van der Waals surface area contributed by atoms with E-state index in [4.69, 9.17) is 14.6 Å². The Kier molecular flexibility index (Phi) is 5.32. The number of benzene rings is 1. The van der Waals surface area contributed by atoms with Gasteiger partial charge in [-0.15, -0.1) is 0 Å². The van der Waals surface area contributed by atoms with E-state index in [2.05, 4.69) is 0 Å². The summed E-state index contributed by atoms with van der Waals surface area (Å²) < 4.78 is 24.1. The summed E-state index contributed by atoms with van der Waals surface area (Å²) in [6.07, 6.45) is -1.55. The summed E-state index contributed by atoms with van der Waals surface area (Å²) in [6, 6.07) is 5.85. The van der Waals surface area contributed by atoms with Gasteiger partial charge in [0.25, 0.3) is 5.91 Å². The number of amides is 1. The number of morpholine rings is 1. The van der Waals surface area contributed by atoms with Gasteiger partial charge in [-0.25, -0.2) is 9.18 Å². The first-order valence-electron chi connectivity index (χ1n) is 7.07.